The smallest absolute Gasteiger partial charge is 0.146 e. The summed E-state index contributed by atoms with van der Waals surface area (Å²) in [5.74, 6) is -0.322. The zero-order chi connectivity index (χ0) is 12.4. The number of nitrogen functional groups attached to an aromatic ring is 2. The van der Waals surface area contributed by atoms with Crippen molar-refractivity contribution in [2.45, 2.75) is 0 Å². The molecule has 88 valence electrons. The van der Waals surface area contributed by atoms with E-state index in [4.69, 9.17) is 16.2 Å². The number of benzene rings is 2. The Balaban J connectivity index is 2.25. The van der Waals surface area contributed by atoms with Crippen molar-refractivity contribution in [2.75, 3.05) is 11.5 Å². The Morgan fingerprint density at radius 2 is 1.18 bits per heavy atom. The molecule has 0 unspecified atom stereocenters. The van der Waals surface area contributed by atoms with E-state index in [2.05, 4.69) is 0 Å². The Morgan fingerprint density at radius 1 is 0.765 bits per heavy atom. The van der Waals surface area contributed by atoms with Gasteiger partial charge in [0.15, 0.2) is 0 Å². The van der Waals surface area contributed by atoms with E-state index in [9.17, 15) is 8.78 Å². The molecule has 2 aromatic rings. The highest BCUT2D eigenvalue weighted by atomic mass is 19.1. The number of anilines is 2. The molecule has 0 fully saturated rings. The van der Waals surface area contributed by atoms with Gasteiger partial charge in [0.05, 0.1) is 11.4 Å². The third kappa shape index (κ3) is 2.44. The number of hydrogen-bond donors (Lipinski definition) is 2. The van der Waals surface area contributed by atoms with Gasteiger partial charge in [0.25, 0.3) is 0 Å². The molecule has 0 bridgehead atoms. The van der Waals surface area contributed by atoms with Crippen LogP contribution in [0.2, 0.25) is 0 Å². The molecule has 5 heteroatoms. The van der Waals surface area contributed by atoms with Crippen molar-refractivity contribution < 1.29 is 13.5 Å². The minimum Gasteiger partial charge on any atom is -0.457 e. The third-order valence-corrected chi connectivity index (χ3v) is 2.17. The summed E-state index contributed by atoms with van der Waals surface area (Å²) in [4.78, 5) is 0. The first-order chi connectivity index (χ1) is 8.06. The van der Waals surface area contributed by atoms with Gasteiger partial charge in [0.1, 0.15) is 23.1 Å². The minimum atomic E-state index is -0.518. The molecular formula is C12H10F2N2O. The fourth-order valence-corrected chi connectivity index (χ4v) is 1.31. The first kappa shape index (κ1) is 11.2. The average Bonchev–Trinajstić information content (AvgIpc) is 2.29. The number of rotatable bonds is 2. The van der Waals surface area contributed by atoms with Gasteiger partial charge < -0.3 is 16.2 Å². The van der Waals surface area contributed by atoms with Crippen LogP contribution >= 0.6 is 0 Å². The number of nitrogens with two attached hydrogens (primary N) is 2. The summed E-state index contributed by atoms with van der Waals surface area (Å²) in [6.07, 6.45) is 0. The highest BCUT2D eigenvalue weighted by Gasteiger charge is 2.04. The van der Waals surface area contributed by atoms with Crippen LogP contribution in [0.1, 0.15) is 0 Å². The molecule has 0 radical (unpaired) electrons. The summed E-state index contributed by atoms with van der Waals surface area (Å²) in [6, 6.07) is 7.91. The van der Waals surface area contributed by atoms with E-state index in [0.717, 1.165) is 0 Å². The van der Waals surface area contributed by atoms with Crippen molar-refractivity contribution in [3.05, 3.63) is 48.0 Å². The molecule has 0 aliphatic carbocycles. The van der Waals surface area contributed by atoms with Crippen molar-refractivity contribution in [1.29, 1.82) is 0 Å². The second kappa shape index (κ2) is 4.29. The molecule has 3 nitrogen and oxygen atoms in total. The van der Waals surface area contributed by atoms with E-state index >= 15 is 0 Å². The lowest BCUT2D eigenvalue weighted by atomic mass is 10.2. The third-order valence-electron chi connectivity index (χ3n) is 2.17. The Kier molecular flexibility index (Phi) is 2.82. The van der Waals surface area contributed by atoms with Crippen LogP contribution in [0.5, 0.6) is 11.5 Å². The maximum absolute atomic E-state index is 12.9. The molecule has 0 aliphatic rings. The largest absolute Gasteiger partial charge is 0.457 e. The van der Waals surface area contributed by atoms with Crippen LogP contribution in [0.15, 0.2) is 36.4 Å². The number of ether oxygens (including phenoxy) is 1. The highest BCUT2D eigenvalue weighted by Crippen LogP contribution is 2.26. The SMILES string of the molecule is Nc1cc(Oc2ccc(F)c(N)c2)ccc1F. The average molecular weight is 236 g/mol. The van der Waals surface area contributed by atoms with Crippen LogP contribution in [0.4, 0.5) is 20.2 Å². The standard InChI is InChI=1S/C12H10F2N2O/c13-9-3-1-7(5-11(9)15)17-8-2-4-10(14)12(16)6-8/h1-6H,15-16H2. The lowest BCUT2D eigenvalue weighted by Crippen LogP contribution is -1.94. The van der Waals surface area contributed by atoms with Crippen LogP contribution in [0, 0.1) is 11.6 Å². The summed E-state index contributed by atoms with van der Waals surface area (Å²) in [6.45, 7) is 0. The van der Waals surface area contributed by atoms with E-state index in [-0.39, 0.29) is 11.4 Å². The second-order valence-corrected chi connectivity index (χ2v) is 3.47. The number of hydrogen-bond acceptors (Lipinski definition) is 3. The second-order valence-electron chi connectivity index (χ2n) is 3.47. The summed E-state index contributed by atoms with van der Waals surface area (Å²) < 4.78 is 31.2. The molecule has 0 atom stereocenters. The Morgan fingerprint density at radius 3 is 1.53 bits per heavy atom. The quantitative estimate of drug-likeness (QED) is 0.788. The molecule has 0 aromatic heterocycles. The summed E-state index contributed by atoms with van der Waals surface area (Å²) >= 11 is 0. The van der Waals surface area contributed by atoms with Gasteiger partial charge in [0.2, 0.25) is 0 Å². The Bertz CT molecular complexity index is 509. The Labute approximate surface area is 96.6 Å². The molecule has 17 heavy (non-hydrogen) atoms. The van der Waals surface area contributed by atoms with Gasteiger partial charge in [-0.2, -0.15) is 0 Å². The zero-order valence-electron chi connectivity index (χ0n) is 8.78. The van der Waals surface area contributed by atoms with Crippen molar-refractivity contribution in [3.8, 4) is 11.5 Å². The fraction of sp³-hybridized carbons (Fsp3) is 0. The zero-order valence-corrected chi connectivity index (χ0v) is 8.78. The maximum atomic E-state index is 12.9. The molecule has 0 spiro atoms. The molecule has 2 rings (SSSR count). The monoisotopic (exact) mass is 236 g/mol. The van der Waals surface area contributed by atoms with Crippen molar-refractivity contribution in [3.63, 3.8) is 0 Å². The molecule has 0 saturated heterocycles. The van der Waals surface area contributed by atoms with Gasteiger partial charge in [-0.25, -0.2) is 8.78 Å². The van der Waals surface area contributed by atoms with Crippen LogP contribution < -0.4 is 16.2 Å². The van der Waals surface area contributed by atoms with Gasteiger partial charge in [-0.1, -0.05) is 0 Å². The summed E-state index contributed by atoms with van der Waals surface area (Å²) in [5.41, 5.74) is 10.7. The number of halogens is 2. The lowest BCUT2D eigenvalue weighted by molar-refractivity contribution is 0.479. The summed E-state index contributed by atoms with van der Waals surface area (Å²) in [7, 11) is 0. The lowest BCUT2D eigenvalue weighted by Gasteiger charge is -2.07. The van der Waals surface area contributed by atoms with E-state index in [0.29, 0.717) is 11.5 Å². The topological polar surface area (TPSA) is 61.3 Å². The van der Waals surface area contributed by atoms with E-state index in [1.165, 1.54) is 36.4 Å². The molecule has 0 amide bonds. The van der Waals surface area contributed by atoms with E-state index < -0.39 is 11.6 Å². The molecule has 0 saturated carbocycles. The molecule has 0 heterocycles. The van der Waals surface area contributed by atoms with Crippen LogP contribution in [-0.4, -0.2) is 0 Å². The predicted octanol–water partition coefficient (Wildman–Crippen LogP) is 2.92. The van der Waals surface area contributed by atoms with E-state index in [1.807, 2.05) is 0 Å². The molecule has 4 N–H and O–H groups in total. The summed E-state index contributed by atoms with van der Waals surface area (Å²) in [5, 5.41) is 0. The normalized spacial score (nSPS) is 10.2. The van der Waals surface area contributed by atoms with Crippen LogP contribution in [-0.2, 0) is 0 Å². The van der Waals surface area contributed by atoms with Gasteiger partial charge in [-0.05, 0) is 24.3 Å². The molecule has 0 aliphatic heterocycles. The fourth-order valence-electron chi connectivity index (χ4n) is 1.31. The van der Waals surface area contributed by atoms with Gasteiger partial charge in [-0.3, -0.25) is 0 Å². The van der Waals surface area contributed by atoms with Crippen molar-refractivity contribution >= 4 is 11.4 Å². The highest BCUT2D eigenvalue weighted by molar-refractivity contribution is 5.49. The van der Waals surface area contributed by atoms with E-state index in [1.54, 1.807) is 0 Å². The molecular weight excluding hydrogens is 226 g/mol. The van der Waals surface area contributed by atoms with Gasteiger partial charge >= 0.3 is 0 Å². The first-order valence-electron chi connectivity index (χ1n) is 4.84. The van der Waals surface area contributed by atoms with Gasteiger partial charge in [-0.15, -0.1) is 0 Å². The van der Waals surface area contributed by atoms with Crippen LogP contribution in [0.25, 0.3) is 0 Å². The van der Waals surface area contributed by atoms with Crippen LogP contribution in [0.3, 0.4) is 0 Å². The minimum absolute atomic E-state index is 0.0161. The molecule has 2 aromatic carbocycles. The maximum Gasteiger partial charge on any atom is 0.146 e. The van der Waals surface area contributed by atoms with Crippen molar-refractivity contribution in [1.82, 2.24) is 0 Å². The van der Waals surface area contributed by atoms with Gasteiger partial charge in [0, 0.05) is 12.1 Å². The predicted molar refractivity (Wildman–Crippen MR) is 61.7 cm³/mol. The van der Waals surface area contributed by atoms with Crippen molar-refractivity contribution in [2.24, 2.45) is 0 Å². The Hall–Kier alpha value is -2.30. The first-order valence-corrected chi connectivity index (χ1v) is 4.84.